The first-order valence-corrected chi connectivity index (χ1v) is 4.22. The zero-order valence-electron chi connectivity index (χ0n) is 6.52. The quantitative estimate of drug-likeness (QED) is 0.496. The first-order chi connectivity index (χ1) is 5.00. The molecule has 6 N–H and O–H groups in total. The van der Waals surface area contributed by atoms with E-state index in [0.717, 1.165) is 6.07 Å². The molecule has 0 aliphatic carbocycles. The lowest BCUT2D eigenvalue weighted by Gasteiger charge is -2.06. The average Bonchev–Trinajstić information content (AvgIpc) is 1.86. The average molecular weight is 190 g/mol. The van der Waals surface area contributed by atoms with Gasteiger partial charge in [-0.25, -0.2) is 8.42 Å². The molecule has 0 saturated heterocycles. The molecule has 5 nitrogen and oxygen atoms in total. The normalized spacial score (nSPS) is 10.4. The fraction of sp³-hybridized carbons (Fsp3) is 0. The summed E-state index contributed by atoms with van der Waals surface area (Å²) in [7, 11) is -4.36. The lowest BCUT2D eigenvalue weighted by atomic mass is 10.3. The van der Waals surface area contributed by atoms with E-state index in [0.29, 0.717) is 0 Å². The van der Waals surface area contributed by atoms with E-state index in [2.05, 4.69) is 0 Å². The van der Waals surface area contributed by atoms with Crippen molar-refractivity contribution in [2.45, 2.75) is 4.90 Å². The minimum absolute atomic E-state index is 0. The third-order valence-corrected chi connectivity index (χ3v) is 1.98. The number of hydrogen-bond donors (Lipinski definition) is 2. The van der Waals surface area contributed by atoms with Gasteiger partial charge in [-0.1, -0.05) is 6.07 Å². The van der Waals surface area contributed by atoms with E-state index in [4.69, 9.17) is 5.73 Å². The summed E-state index contributed by atoms with van der Waals surface area (Å²) in [6.45, 7) is 0. The van der Waals surface area contributed by atoms with E-state index in [9.17, 15) is 13.0 Å². The van der Waals surface area contributed by atoms with E-state index in [-0.39, 0.29) is 16.7 Å². The third-order valence-electron chi connectivity index (χ3n) is 1.15. The van der Waals surface area contributed by atoms with Gasteiger partial charge in [-0.3, -0.25) is 0 Å². The van der Waals surface area contributed by atoms with Crippen LogP contribution in [0.4, 0.5) is 5.69 Å². The molecule has 0 heterocycles. The van der Waals surface area contributed by atoms with Crippen LogP contribution >= 0.6 is 0 Å². The van der Waals surface area contributed by atoms with Gasteiger partial charge >= 0.3 is 0 Å². The van der Waals surface area contributed by atoms with Crippen LogP contribution in [0.25, 0.3) is 0 Å². The van der Waals surface area contributed by atoms with Crippen LogP contribution in [0.2, 0.25) is 0 Å². The Morgan fingerprint density at radius 1 is 1.33 bits per heavy atom. The Balaban J connectivity index is 0.00000121. The van der Waals surface area contributed by atoms with Gasteiger partial charge in [0.05, 0.1) is 4.90 Å². The molecule has 0 fully saturated rings. The molecule has 0 aromatic heterocycles. The maximum atomic E-state index is 10.4. The number of anilines is 1. The molecular weight excluding hydrogens is 180 g/mol. The van der Waals surface area contributed by atoms with Crippen molar-refractivity contribution in [2.75, 3.05) is 5.73 Å². The SMILES string of the molecule is Nc1cccc(S(=O)(=O)[O-])c1.[NH4+]. The van der Waals surface area contributed by atoms with Crippen molar-refractivity contribution in [3.8, 4) is 0 Å². The molecule has 0 amide bonds. The third kappa shape index (κ3) is 2.50. The first kappa shape index (κ1) is 10.9. The van der Waals surface area contributed by atoms with Crippen molar-refractivity contribution >= 4 is 15.8 Å². The maximum Gasteiger partial charge on any atom is 0.124 e. The molecule has 68 valence electrons. The van der Waals surface area contributed by atoms with Gasteiger partial charge in [-0.15, -0.1) is 0 Å². The molecule has 0 spiro atoms. The van der Waals surface area contributed by atoms with Crippen LogP contribution in [-0.2, 0) is 10.1 Å². The first-order valence-electron chi connectivity index (χ1n) is 2.81. The maximum absolute atomic E-state index is 10.4. The molecule has 0 bridgehead atoms. The van der Waals surface area contributed by atoms with Gasteiger partial charge in [-0.2, -0.15) is 0 Å². The van der Waals surface area contributed by atoms with Gasteiger partial charge in [0.25, 0.3) is 0 Å². The lowest BCUT2D eigenvalue weighted by Crippen LogP contribution is -1.98. The highest BCUT2D eigenvalue weighted by molar-refractivity contribution is 7.85. The molecule has 0 radical (unpaired) electrons. The Morgan fingerprint density at radius 3 is 2.25 bits per heavy atom. The van der Waals surface area contributed by atoms with Crippen LogP contribution in [0, 0.1) is 0 Å². The zero-order valence-corrected chi connectivity index (χ0v) is 7.34. The van der Waals surface area contributed by atoms with E-state index in [1.54, 1.807) is 0 Å². The summed E-state index contributed by atoms with van der Waals surface area (Å²) in [5.74, 6) is 0. The summed E-state index contributed by atoms with van der Waals surface area (Å²) in [6, 6.07) is 5.26. The van der Waals surface area contributed by atoms with E-state index in [1.165, 1.54) is 18.2 Å². The van der Waals surface area contributed by atoms with E-state index >= 15 is 0 Å². The Kier molecular flexibility index (Phi) is 3.20. The molecule has 12 heavy (non-hydrogen) atoms. The molecule has 1 rings (SSSR count). The fourth-order valence-corrected chi connectivity index (χ4v) is 1.20. The van der Waals surface area contributed by atoms with Crippen LogP contribution in [0.15, 0.2) is 29.2 Å². The predicted molar refractivity (Wildman–Crippen MR) is 44.8 cm³/mol. The second-order valence-corrected chi connectivity index (χ2v) is 3.41. The lowest BCUT2D eigenvalue weighted by molar-refractivity contribution is 0.463. The highest BCUT2D eigenvalue weighted by atomic mass is 32.2. The number of nitrogens with two attached hydrogens (primary N) is 1. The predicted octanol–water partition coefficient (Wildman–Crippen LogP) is 0.549. The number of nitrogen functional groups attached to an aromatic ring is 1. The van der Waals surface area contributed by atoms with Crippen LogP contribution < -0.4 is 11.9 Å². The van der Waals surface area contributed by atoms with Gasteiger partial charge in [0.15, 0.2) is 0 Å². The standard InChI is InChI=1S/C6H7NO3S.H3N/c7-5-2-1-3-6(4-5)11(8,9)10;/h1-4H,7H2,(H,8,9,10);1H3. The summed E-state index contributed by atoms with van der Waals surface area (Å²) in [5.41, 5.74) is 5.52. The summed E-state index contributed by atoms with van der Waals surface area (Å²) >= 11 is 0. The fourth-order valence-electron chi connectivity index (χ4n) is 0.670. The van der Waals surface area contributed by atoms with Gasteiger partial charge < -0.3 is 16.4 Å². The highest BCUT2D eigenvalue weighted by Crippen LogP contribution is 2.11. The van der Waals surface area contributed by atoms with Crippen LogP contribution in [0.5, 0.6) is 0 Å². The molecule has 1 aromatic rings. The second kappa shape index (κ2) is 3.53. The van der Waals surface area contributed by atoms with Crippen molar-refractivity contribution in [1.29, 1.82) is 0 Å². The van der Waals surface area contributed by atoms with Crippen molar-refractivity contribution < 1.29 is 13.0 Å². The van der Waals surface area contributed by atoms with Crippen LogP contribution in [-0.4, -0.2) is 13.0 Å². The van der Waals surface area contributed by atoms with Crippen molar-refractivity contribution in [3.63, 3.8) is 0 Å². The largest absolute Gasteiger partial charge is 0.744 e. The van der Waals surface area contributed by atoms with Crippen molar-refractivity contribution in [1.82, 2.24) is 6.15 Å². The van der Waals surface area contributed by atoms with E-state index in [1.807, 2.05) is 0 Å². The Labute approximate surface area is 70.5 Å². The highest BCUT2D eigenvalue weighted by Gasteiger charge is 1.98. The smallest absolute Gasteiger partial charge is 0.124 e. The van der Waals surface area contributed by atoms with Crippen molar-refractivity contribution in [3.05, 3.63) is 24.3 Å². The van der Waals surface area contributed by atoms with Crippen molar-refractivity contribution in [2.24, 2.45) is 0 Å². The summed E-state index contributed by atoms with van der Waals surface area (Å²) < 4.78 is 31.1. The minimum Gasteiger partial charge on any atom is -0.744 e. The molecule has 0 aliphatic rings. The molecule has 0 saturated carbocycles. The topological polar surface area (TPSA) is 120 Å². The Hall–Kier alpha value is -1.11. The minimum atomic E-state index is -4.36. The number of benzene rings is 1. The number of hydrogen-bond acceptors (Lipinski definition) is 4. The van der Waals surface area contributed by atoms with Gasteiger partial charge in [0, 0.05) is 5.69 Å². The summed E-state index contributed by atoms with van der Waals surface area (Å²) in [5, 5.41) is 0. The second-order valence-electron chi connectivity index (χ2n) is 2.03. The Morgan fingerprint density at radius 2 is 1.92 bits per heavy atom. The van der Waals surface area contributed by atoms with Gasteiger partial charge in [0.2, 0.25) is 0 Å². The monoisotopic (exact) mass is 190 g/mol. The van der Waals surface area contributed by atoms with E-state index < -0.39 is 10.1 Å². The van der Waals surface area contributed by atoms with Gasteiger partial charge in [-0.05, 0) is 18.2 Å². The summed E-state index contributed by atoms with van der Waals surface area (Å²) in [6.07, 6.45) is 0. The number of rotatable bonds is 1. The molecule has 0 aliphatic heterocycles. The zero-order chi connectivity index (χ0) is 8.48. The molecule has 1 aromatic carbocycles. The molecular formula is C6H10N2O3S. The molecule has 6 heteroatoms. The number of quaternary nitrogens is 1. The van der Waals surface area contributed by atoms with Gasteiger partial charge in [0.1, 0.15) is 10.1 Å². The van der Waals surface area contributed by atoms with Crippen LogP contribution in [0.3, 0.4) is 0 Å². The van der Waals surface area contributed by atoms with Crippen LogP contribution in [0.1, 0.15) is 0 Å². The summed E-state index contributed by atoms with van der Waals surface area (Å²) in [4.78, 5) is -0.294. The molecule has 0 atom stereocenters. The molecule has 0 unspecified atom stereocenters. The Bertz CT molecular complexity index is 361.